The van der Waals surface area contributed by atoms with E-state index in [-0.39, 0.29) is 12.1 Å². The quantitative estimate of drug-likeness (QED) is 0.792. The van der Waals surface area contributed by atoms with Crippen molar-refractivity contribution in [2.45, 2.75) is 26.1 Å². The number of carbonyl (C=O) groups is 1. The summed E-state index contributed by atoms with van der Waals surface area (Å²) in [5, 5.41) is 7.61. The van der Waals surface area contributed by atoms with Crippen molar-refractivity contribution < 1.29 is 14.4 Å². The first-order valence-corrected chi connectivity index (χ1v) is 9.23. The number of carbonyl (C=O) groups excluding carboxylic acids is 1. The van der Waals surface area contributed by atoms with Gasteiger partial charge in [-0.05, 0) is 30.2 Å². The van der Waals surface area contributed by atoms with Crippen molar-refractivity contribution in [3.63, 3.8) is 0 Å². The van der Waals surface area contributed by atoms with Crippen LogP contribution >= 0.6 is 11.3 Å². The topological polar surface area (TPSA) is 54.8 Å². The minimum atomic E-state index is -0.189. The van der Waals surface area contributed by atoms with E-state index in [1.54, 1.807) is 11.3 Å². The Hall–Kier alpha value is -2.05. The third-order valence-corrected chi connectivity index (χ3v) is 5.82. The molecule has 2 aliphatic rings. The summed E-state index contributed by atoms with van der Waals surface area (Å²) < 4.78 is 5.48. The lowest BCUT2D eigenvalue weighted by Gasteiger charge is -2.27. The number of ether oxygens (including phenoxy) is 1. The first-order valence-electron chi connectivity index (χ1n) is 8.41. The average Bonchev–Trinajstić information content (AvgIpc) is 2.93. The Morgan fingerprint density at radius 1 is 1.29 bits per heavy atom. The van der Waals surface area contributed by atoms with Crippen molar-refractivity contribution in [1.29, 1.82) is 0 Å². The number of benzene rings is 1. The molecule has 2 unspecified atom stereocenters. The smallest absolute Gasteiger partial charge is 0.256 e. The fraction of sp³-hybridized carbons (Fsp3) is 0.389. The summed E-state index contributed by atoms with van der Waals surface area (Å²) in [6.07, 6.45) is 0.793. The Balaban J connectivity index is 1.61. The molecule has 0 saturated heterocycles. The summed E-state index contributed by atoms with van der Waals surface area (Å²) >= 11 is 1.74. The van der Waals surface area contributed by atoms with Gasteiger partial charge in [0.2, 0.25) is 0 Å². The number of hydrogen-bond donors (Lipinski definition) is 3. The standard InChI is InChI=1S/C18H21N3O2S/c1-3-23-12-6-4-11(5-7-12)16-19-17(22)15-13-8-9-21(2)10-14(13)24-18(15)20-16/h4-7,16,20H,3,8-10H2,1-2H3,(H,19,22)/p+1. The second-order valence-corrected chi connectivity index (χ2v) is 7.50. The fourth-order valence-electron chi connectivity index (χ4n) is 3.42. The summed E-state index contributed by atoms with van der Waals surface area (Å²) in [6.45, 7) is 4.72. The maximum absolute atomic E-state index is 12.7. The van der Waals surface area contributed by atoms with Gasteiger partial charge in [-0.2, -0.15) is 0 Å². The van der Waals surface area contributed by atoms with E-state index in [9.17, 15) is 4.79 Å². The maximum atomic E-state index is 12.7. The highest BCUT2D eigenvalue weighted by molar-refractivity contribution is 7.16. The molecule has 0 bridgehead atoms. The first-order chi connectivity index (χ1) is 11.7. The predicted molar refractivity (Wildman–Crippen MR) is 94.9 cm³/mol. The molecule has 2 aromatic rings. The number of hydrogen-bond acceptors (Lipinski definition) is 4. The number of rotatable bonds is 3. The van der Waals surface area contributed by atoms with E-state index in [1.807, 2.05) is 31.2 Å². The monoisotopic (exact) mass is 344 g/mol. The number of thiophene rings is 1. The molecule has 0 saturated carbocycles. The van der Waals surface area contributed by atoms with Crippen molar-refractivity contribution in [3.8, 4) is 5.75 Å². The van der Waals surface area contributed by atoms with E-state index in [2.05, 4.69) is 17.7 Å². The van der Waals surface area contributed by atoms with Gasteiger partial charge in [-0.3, -0.25) is 4.79 Å². The molecule has 1 amide bonds. The van der Waals surface area contributed by atoms with Crippen molar-refractivity contribution in [1.82, 2.24) is 5.32 Å². The zero-order chi connectivity index (χ0) is 16.7. The molecule has 2 atom stereocenters. The molecule has 3 N–H and O–H groups in total. The molecule has 6 heteroatoms. The van der Waals surface area contributed by atoms with Crippen LogP contribution in [0.5, 0.6) is 5.75 Å². The summed E-state index contributed by atoms with van der Waals surface area (Å²) in [4.78, 5) is 15.5. The van der Waals surface area contributed by atoms with E-state index < -0.39 is 0 Å². The zero-order valence-electron chi connectivity index (χ0n) is 13.9. The molecule has 24 heavy (non-hydrogen) atoms. The third kappa shape index (κ3) is 2.65. The number of quaternary nitrogens is 1. The molecular formula is C18H22N3O2S+. The SMILES string of the molecule is CCOc1ccc(C2NC(=O)c3c(sc4c3CC[NH+](C)C4)N2)cc1. The minimum Gasteiger partial charge on any atom is -0.494 e. The maximum Gasteiger partial charge on any atom is 0.256 e. The highest BCUT2D eigenvalue weighted by Gasteiger charge is 2.33. The molecule has 126 valence electrons. The Kier molecular flexibility index (Phi) is 3.94. The third-order valence-electron chi connectivity index (χ3n) is 4.66. The van der Waals surface area contributed by atoms with E-state index in [4.69, 9.17) is 4.74 Å². The van der Waals surface area contributed by atoms with E-state index in [1.165, 1.54) is 15.3 Å². The van der Waals surface area contributed by atoms with Crippen molar-refractivity contribution in [3.05, 3.63) is 45.8 Å². The summed E-state index contributed by atoms with van der Waals surface area (Å²) in [5.74, 6) is 0.890. The average molecular weight is 344 g/mol. The van der Waals surface area contributed by atoms with Gasteiger partial charge in [0.25, 0.3) is 5.91 Å². The molecule has 1 aromatic heterocycles. The van der Waals surface area contributed by atoms with Crippen molar-refractivity contribution in [2.75, 3.05) is 25.5 Å². The molecule has 0 fully saturated rings. The number of likely N-dealkylation sites (N-methyl/N-ethyl adjacent to an activating group) is 1. The molecule has 0 aliphatic carbocycles. The van der Waals surface area contributed by atoms with Gasteiger partial charge in [0.1, 0.15) is 23.5 Å². The predicted octanol–water partition coefficient (Wildman–Crippen LogP) is 1.57. The molecule has 1 aromatic carbocycles. The van der Waals surface area contributed by atoms with Crippen LogP contribution in [0, 0.1) is 0 Å². The van der Waals surface area contributed by atoms with Gasteiger partial charge in [0.15, 0.2) is 0 Å². The van der Waals surface area contributed by atoms with Gasteiger partial charge in [-0.25, -0.2) is 0 Å². The van der Waals surface area contributed by atoms with Crippen LogP contribution in [0.15, 0.2) is 24.3 Å². The molecular weight excluding hydrogens is 322 g/mol. The van der Waals surface area contributed by atoms with Crippen LogP contribution in [0.25, 0.3) is 0 Å². The minimum absolute atomic E-state index is 0.0414. The second-order valence-electron chi connectivity index (χ2n) is 6.39. The van der Waals surface area contributed by atoms with Crippen LogP contribution in [0.2, 0.25) is 0 Å². The summed E-state index contributed by atoms with van der Waals surface area (Å²) in [7, 11) is 2.21. The molecule has 4 rings (SSSR count). The van der Waals surface area contributed by atoms with Crippen LogP contribution < -0.4 is 20.3 Å². The van der Waals surface area contributed by atoms with Crippen molar-refractivity contribution in [2.24, 2.45) is 0 Å². The Morgan fingerprint density at radius 3 is 2.83 bits per heavy atom. The highest BCUT2D eigenvalue weighted by atomic mass is 32.1. The lowest BCUT2D eigenvalue weighted by atomic mass is 10.0. The van der Waals surface area contributed by atoms with Crippen LogP contribution in [-0.4, -0.2) is 26.1 Å². The molecule has 2 aliphatic heterocycles. The summed E-state index contributed by atoms with van der Waals surface area (Å²) in [6, 6.07) is 7.89. The molecule has 0 radical (unpaired) electrons. The lowest BCUT2D eigenvalue weighted by molar-refractivity contribution is -0.895. The Bertz CT molecular complexity index is 769. The second kappa shape index (κ2) is 6.11. The summed E-state index contributed by atoms with van der Waals surface area (Å²) in [5.41, 5.74) is 3.15. The van der Waals surface area contributed by atoms with Crippen LogP contribution in [0.4, 0.5) is 5.00 Å². The normalized spacial score (nSPS) is 22.2. The van der Waals surface area contributed by atoms with E-state index in [0.717, 1.165) is 41.4 Å². The van der Waals surface area contributed by atoms with Gasteiger partial charge in [-0.15, -0.1) is 11.3 Å². The van der Waals surface area contributed by atoms with Gasteiger partial charge < -0.3 is 20.3 Å². The number of fused-ring (bicyclic) bond motifs is 3. The zero-order valence-corrected chi connectivity index (χ0v) is 14.8. The highest BCUT2D eigenvalue weighted by Crippen LogP contribution is 2.39. The molecule has 0 spiro atoms. The van der Waals surface area contributed by atoms with Gasteiger partial charge in [0, 0.05) is 6.42 Å². The van der Waals surface area contributed by atoms with E-state index in [0.29, 0.717) is 6.61 Å². The molecule has 3 heterocycles. The van der Waals surface area contributed by atoms with Crippen LogP contribution in [-0.2, 0) is 13.0 Å². The van der Waals surface area contributed by atoms with Gasteiger partial charge in [0.05, 0.1) is 30.6 Å². The number of anilines is 1. The van der Waals surface area contributed by atoms with Crippen molar-refractivity contribution >= 4 is 22.2 Å². The number of nitrogens with one attached hydrogen (secondary N) is 3. The Morgan fingerprint density at radius 2 is 2.08 bits per heavy atom. The van der Waals surface area contributed by atoms with Gasteiger partial charge in [-0.1, -0.05) is 12.1 Å². The first kappa shape index (κ1) is 15.5. The van der Waals surface area contributed by atoms with Gasteiger partial charge >= 0.3 is 0 Å². The van der Waals surface area contributed by atoms with Crippen LogP contribution in [0.1, 0.15) is 39.5 Å². The number of amides is 1. The fourth-order valence-corrected chi connectivity index (χ4v) is 4.81. The van der Waals surface area contributed by atoms with E-state index >= 15 is 0 Å². The Labute approximate surface area is 145 Å². The van der Waals surface area contributed by atoms with Crippen LogP contribution in [0.3, 0.4) is 0 Å². The lowest BCUT2D eigenvalue weighted by Crippen LogP contribution is -3.08. The largest absolute Gasteiger partial charge is 0.494 e. The molecule has 5 nitrogen and oxygen atoms in total.